The van der Waals surface area contributed by atoms with Gasteiger partial charge in [-0.2, -0.15) is 0 Å². The molecule has 50 valence electrons. The highest BCUT2D eigenvalue weighted by Crippen LogP contribution is 2.29. The molecule has 0 unspecified atom stereocenters. The van der Waals surface area contributed by atoms with Gasteiger partial charge in [-0.15, -0.1) is 30.6 Å². The topological polar surface area (TPSA) is 0 Å². The standard InChI is InChI=1S/C4H12Br2Si2/c1-7(2,5)8(3,4)6/h1-4H3. The lowest BCUT2D eigenvalue weighted by molar-refractivity contribution is 1.94. The fourth-order valence-corrected chi connectivity index (χ4v) is 0. The van der Waals surface area contributed by atoms with Crippen molar-refractivity contribution >= 4 is 43.0 Å². The van der Waals surface area contributed by atoms with Crippen LogP contribution in [0.5, 0.6) is 0 Å². The summed E-state index contributed by atoms with van der Waals surface area (Å²) < 4.78 is 0. The monoisotopic (exact) mass is 274 g/mol. The van der Waals surface area contributed by atoms with Crippen molar-refractivity contribution in [2.24, 2.45) is 0 Å². The van der Waals surface area contributed by atoms with Crippen LogP contribution in [0.15, 0.2) is 0 Å². The van der Waals surface area contributed by atoms with Crippen LogP contribution in [0.3, 0.4) is 0 Å². The van der Waals surface area contributed by atoms with E-state index in [4.69, 9.17) is 0 Å². The van der Waals surface area contributed by atoms with Crippen LogP contribution >= 0.6 is 30.6 Å². The molecule has 0 amide bonds. The van der Waals surface area contributed by atoms with Crippen molar-refractivity contribution in [3.05, 3.63) is 0 Å². The second-order valence-corrected chi connectivity index (χ2v) is 32.6. The van der Waals surface area contributed by atoms with Crippen LogP contribution < -0.4 is 0 Å². The Kier molecular flexibility index (Phi) is 3.00. The lowest BCUT2D eigenvalue weighted by Gasteiger charge is -2.25. The van der Waals surface area contributed by atoms with Crippen molar-refractivity contribution in [3.63, 3.8) is 0 Å². The van der Waals surface area contributed by atoms with E-state index in [-0.39, 0.29) is 0 Å². The third-order valence-electron chi connectivity index (χ3n) is 1.41. The molecule has 0 aliphatic carbocycles. The average Bonchev–Trinajstić information content (AvgIpc) is 1.25. The first-order valence-electron chi connectivity index (χ1n) is 2.63. The summed E-state index contributed by atoms with van der Waals surface area (Å²) in [5.74, 6) is 0. The molecule has 0 aliphatic rings. The molecule has 0 bridgehead atoms. The maximum Gasteiger partial charge on any atom is 0.128 e. The van der Waals surface area contributed by atoms with Gasteiger partial charge in [-0.25, -0.2) is 0 Å². The minimum Gasteiger partial charge on any atom is -0.129 e. The summed E-state index contributed by atoms with van der Waals surface area (Å²) in [5.41, 5.74) is 0. The van der Waals surface area contributed by atoms with Gasteiger partial charge in [0, 0.05) is 0 Å². The minimum atomic E-state index is -0.991. The van der Waals surface area contributed by atoms with Crippen LogP contribution in [0, 0.1) is 0 Å². The Bertz CT molecular complexity index is 67.0. The molecule has 0 atom stereocenters. The largest absolute Gasteiger partial charge is 0.129 e. The van der Waals surface area contributed by atoms with E-state index in [1.165, 1.54) is 0 Å². The molecular weight excluding hydrogens is 264 g/mol. The van der Waals surface area contributed by atoms with Crippen LogP contribution in [0.4, 0.5) is 0 Å². The van der Waals surface area contributed by atoms with Crippen molar-refractivity contribution in [2.45, 2.75) is 26.2 Å². The summed E-state index contributed by atoms with van der Waals surface area (Å²) >= 11 is 7.51. The molecule has 0 aliphatic heterocycles. The third-order valence-corrected chi connectivity index (χ3v) is 35.4. The van der Waals surface area contributed by atoms with Gasteiger partial charge in [0.05, 0.1) is 0 Å². The maximum atomic E-state index is 3.75. The van der Waals surface area contributed by atoms with Crippen molar-refractivity contribution in [2.75, 3.05) is 0 Å². The molecule has 0 aromatic heterocycles. The van der Waals surface area contributed by atoms with Crippen molar-refractivity contribution in [1.29, 1.82) is 0 Å². The smallest absolute Gasteiger partial charge is 0.128 e. The molecule has 0 rings (SSSR count). The predicted octanol–water partition coefficient (Wildman–Crippen LogP) is 3.26. The zero-order chi connectivity index (χ0) is 7.00. The van der Waals surface area contributed by atoms with E-state index in [1.54, 1.807) is 0 Å². The SMILES string of the molecule is C[Si](C)(Br)[Si](C)(C)Br. The van der Waals surface area contributed by atoms with Crippen LogP contribution in [0.25, 0.3) is 0 Å². The van der Waals surface area contributed by atoms with Crippen molar-refractivity contribution in [1.82, 2.24) is 0 Å². The maximum absolute atomic E-state index is 3.75. The van der Waals surface area contributed by atoms with E-state index in [0.717, 1.165) is 0 Å². The quantitative estimate of drug-likeness (QED) is 0.509. The predicted molar refractivity (Wildman–Crippen MR) is 52.8 cm³/mol. The van der Waals surface area contributed by atoms with Gasteiger partial charge in [-0.3, -0.25) is 0 Å². The summed E-state index contributed by atoms with van der Waals surface area (Å²) in [4.78, 5) is 0. The highest BCUT2D eigenvalue weighted by molar-refractivity contribution is 9.36. The fourth-order valence-electron chi connectivity index (χ4n) is 0. The molecule has 0 aromatic carbocycles. The van der Waals surface area contributed by atoms with Gasteiger partial charge in [-0.05, 0) is 0 Å². The molecular formula is C4H12Br2Si2. The molecule has 0 spiro atoms. The molecule has 0 saturated carbocycles. The van der Waals surface area contributed by atoms with E-state index in [0.29, 0.717) is 0 Å². The Hall–Kier alpha value is 1.39. The summed E-state index contributed by atoms with van der Waals surface area (Å²) in [6.45, 7) is 9.36. The lowest BCUT2D eigenvalue weighted by Crippen LogP contribution is -2.44. The van der Waals surface area contributed by atoms with Crippen LogP contribution in [-0.4, -0.2) is 12.4 Å². The van der Waals surface area contributed by atoms with E-state index in [9.17, 15) is 0 Å². The van der Waals surface area contributed by atoms with E-state index >= 15 is 0 Å². The van der Waals surface area contributed by atoms with Crippen LogP contribution in [-0.2, 0) is 0 Å². The Morgan fingerprint density at radius 2 is 0.875 bits per heavy atom. The van der Waals surface area contributed by atoms with Crippen LogP contribution in [0.2, 0.25) is 26.2 Å². The van der Waals surface area contributed by atoms with Crippen molar-refractivity contribution < 1.29 is 0 Å². The fraction of sp³-hybridized carbons (Fsp3) is 1.00. The molecule has 8 heavy (non-hydrogen) atoms. The van der Waals surface area contributed by atoms with Crippen LogP contribution in [0.1, 0.15) is 0 Å². The normalized spacial score (nSPS) is 14.2. The Morgan fingerprint density at radius 1 is 0.750 bits per heavy atom. The highest BCUT2D eigenvalue weighted by atomic mass is 79.9. The zero-order valence-corrected chi connectivity index (χ0v) is 10.9. The Labute approximate surface area is 69.0 Å². The molecule has 4 heteroatoms. The van der Waals surface area contributed by atoms with E-state index in [1.807, 2.05) is 0 Å². The number of halogens is 2. The third kappa shape index (κ3) is 2.80. The lowest BCUT2D eigenvalue weighted by atomic mass is 11.9. The summed E-state index contributed by atoms with van der Waals surface area (Å²) in [7, 11) is 0. The second kappa shape index (κ2) is 2.56. The molecule has 0 fully saturated rings. The van der Waals surface area contributed by atoms with E-state index < -0.39 is 12.4 Å². The van der Waals surface area contributed by atoms with Gasteiger partial charge in [0.1, 0.15) is 12.4 Å². The van der Waals surface area contributed by atoms with Crippen molar-refractivity contribution in [3.8, 4) is 0 Å². The summed E-state index contributed by atoms with van der Waals surface area (Å²) in [6, 6.07) is 0. The van der Waals surface area contributed by atoms with Gasteiger partial charge in [0.25, 0.3) is 0 Å². The van der Waals surface area contributed by atoms with Gasteiger partial charge in [0.15, 0.2) is 0 Å². The first-order valence-corrected chi connectivity index (χ1v) is 14.1. The van der Waals surface area contributed by atoms with Gasteiger partial charge < -0.3 is 0 Å². The first kappa shape index (κ1) is 9.39. The first-order chi connectivity index (χ1) is 3.25. The average molecular weight is 276 g/mol. The Balaban J connectivity index is 4.02. The highest BCUT2D eigenvalue weighted by Gasteiger charge is 2.36. The summed E-state index contributed by atoms with van der Waals surface area (Å²) in [6.07, 6.45) is -1.98. The minimum absolute atomic E-state index is 0.991. The Morgan fingerprint density at radius 3 is 0.875 bits per heavy atom. The van der Waals surface area contributed by atoms with Gasteiger partial charge in [-0.1, -0.05) is 26.2 Å². The number of hydrogen-bond donors (Lipinski definition) is 0. The summed E-state index contributed by atoms with van der Waals surface area (Å²) in [5, 5.41) is 0. The zero-order valence-electron chi connectivity index (χ0n) is 5.76. The van der Waals surface area contributed by atoms with Gasteiger partial charge in [0.2, 0.25) is 0 Å². The number of rotatable bonds is 1. The van der Waals surface area contributed by atoms with E-state index in [2.05, 4.69) is 56.8 Å². The molecule has 0 heterocycles. The molecule has 0 radical (unpaired) electrons. The molecule has 0 aromatic rings. The second-order valence-electron chi connectivity index (χ2n) is 2.94. The number of hydrogen-bond acceptors (Lipinski definition) is 0. The molecule has 0 N–H and O–H groups in total. The molecule has 0 saturated heterocycles. The van der Waals surface area contributed by atoms with Gasteiger partial charge >= 0.3 is 0 Å². The molecule has 0 nitrogen and oxygen atoms in total.